The molecule has 5 aromatic carbocycles. The SMILES string of the molecule is Clc1ccc(-c2ccc(-c3ccccc3-n3c4ccccc4c4ccccc43)cc2)cc1. The molecule has 152 valence electrons. The highest BCUT2D eigenvalue weighted by atomic mass is 35.5. The van der Waals surface area contributed by atoms with Gasteiger partial charge in [0.05, 0.1) is 16.7 Å². The number of fused-ring (bicyclic) bond motifs is 3. The van der Waals surface area contributed by atoms with Crippen molar-refractivity contribution in [3.05, 3.63) is 126 Å². The van der Waals surface area contributed by atoms with Crippen LogP contribution < -0.4 is 0 Å². The summed E-state index contributed by atoms with van der Waals surface area (Å²) in [4.78, 5) is 0. The Balaban J connectivity index is 1.53. The van der Waals surface area contributed by atoms with E-state index in [1.54, 1.807) is 0 Å². The maximum absolute atomic E-state index is 6.05. The highest BCUT2D eigenvalue weighted by molar-refractivity contribution is 6.30. The summed E-state index contributed by atoms with van der Waals surface area (Å²) in [5, 5.41) is 3.30. The zero-order valence-electron chi connectivity index (χ0n) is 17.4. The Morgan fingerprint density at radius 2 is 0.906 bits per heavy atom. The van der Waals surface area contributed by atoms with Gasteiger partial charge < -0.3 is 4.57 Å². The monoisotopic (exact) mass is 429 g/mol. The van der Waals surface area contributed by atoms with Gasteiger partial charge >= 0.3 is 0 Å². The average Bonchev–Trinajstić information content (AvgIpc) is 3.19. The molecule has 0 fully saturated rings. The molecule has 0 radical (unpaired) electrons. The van der Waals surface area contributed by atoms with E-state index < -0.39 is 0 Å². The number of aromatic nitrogens is 1. The molecule has 1 nitrogen and oxygen atoms in total. The summed E-state index contributed by atoms with van der Waals surface area (Å²) in [5.74, 6) is 0. The van der Waals surface area contributed by atoms with Crippen molar-refractivity contribution >= 4 is 33.4 Å². The Morgan fingerprint density at radius 3 is 1.53 bits per heavy atom. The van der Waals surface area contributed by atoms with Crippen molar-refractivity contribution in [1.29, 1.82) is 0 Å². The highest BCUT2D eigenvalue weighted by Gasteiger charge is 2.14. The Morgan fingerprint density at radius 1 is 0.438 bits per heavy atom. The summed E-state index contributed by atoms with van der Waals surface area (Å²) >= 11 is 6.05. The lowest BCUT2D eigenvalue weighted by Crippen LogP contribution is -1.96. The molecule has 0 spiro atoms. The lowest BCUT2D eigenvalue weighted by Gasteiger charge is -2.14. The van der Waals surface area contributed by atoms with Crippen LogP contribution in [0.3, 0.4) is 0 Å². The lowest BCUT2D eigenvalue weighted by atomic mass is 9.99. The molecular weight excluding hydrogens is 410 g/mol. The van der Waals surface area contributed by atoms with Gasteiger partial charge in [0.1, 0.15) is 0 Å². The summed E-state index contributed by atoms with van der Waals surface area (Å²) in [7, 11) is 0. The lowest BCUT2D eigenvalue weighted by molar-refractivity contribution is 1.18. The molecule has 0 saturated heterocycles. The number of hydrogen-bond acceptors (Lipinski definition) is 0. The fourth-order valence-corrected chi connectivity index (χ4v) is 4.71. The molecule has 0 aliphatic carbocycles. The van der Waals surface area contributed by atoms with E-state index in [0.717, 1.165) is 10.6 Å². The minimum Gasteiger partial charge on any atom is -0.309 e. The zero-order chi connectivity index (χ0) is 21.5. The van der Waals surface area contributed by atoms with Crippen LogP contribution in [-0.4, -0.2) is 4.57 Å². The molecule has 6 aromatic rings. The number of para-hydroxylation sites is 3. The normalized spacial score (nSPS) is 11.3. The van der Waals surface area contributed by atoms with Gasteiger partial charge in [-0.2, -0.15) is 0 Å². The van der Waals surface area contributed by atoms with Gasteiger partial charge in [-0.25, -0.2) is 0 Å². The predicted molar refractivity (Wildman–Crippen MR) is 137 cm³/mol. The van der Waals surface area contributed by atoms with Crippen molar-refractivity contribution in [1.82, 2.24) is 4.57 Å². The van der Waals surface area contributed by atoms with Gasteiger partial charge in [-0.1, -0.05) is 103 Å². The summed E-state index contributed by atoms with van der Waals surface area (Å²) in [6, 6.07) is 42.7. The first-order valence-electron chi connectivity index (χ1n) is 10.7. The largest absolute Gasteiger partial charge is 0.309 e. The van der Waals surface area contributed by atoms with E-state index in [2.05, 4.69) is 114 Å². The van der Waals surface area contributed by atoms with Gasteiger partial charge in [-0.3, -0.25) is 0 Å². The van der Waals surface area contributed by atoms with Gasteiger partial charge in [0.2, 0.25) is 0 Å². The van der Waals surface area contributed by atoms with Crippen LogP contribution in [0.4, 0.5) is 0 Å². The van der Waals surface area contributed by atoms with Crippen LogP contribution >= 0.6 is 11.6 Å². The molecule has 1 heterocycles. The summed E-state index contributed by atoms with van der Waals surface area (Å²) < 4.78 is 2.38. The quantitative estimate of drug-likeness (QED) is 0.265. The van der Waals surface area contributed by atoms with Crippen LogP contribution in [-0.2, 0) is 0 Å². The van der Waals surface area contributed by atoms with E-state index in [9.17, 15) is 0 Å². The van der Waals surface area contributed by atoms with Crippen molar-refractivity contribution in [3.8, 4) is 27.9 Å². The van der Waals surface area contributed by atoms with Crippen LogP contribution in [0, 0.1) is 0 Å². The zero-order valence-corrected chi connectivity index (χ0v) is 18.1. The number of nitrogens with zero attached hydrogens (tertiary/aromatic N) is 1. The molecule has 6 rings (SSSR count). The standard InChI is InChI=1S/C30H20ClN/c31-24-19-17-22(18-20-24)21-13-15-23(16-14-21)25-7-1-4-10-28(25)32-29-11-5-2-8-26(29)27-9-3-6-12-30(27)32/h1-20H. The number of rotatable bonds is 3. The van der Waals surface area contributed by atoms with E-state index >= 15 is 0 Å². The van der Waals surface area contributed by atoms with Gasteiger partial charge in [0, 0.05) is 21.4 Å². The first-order chi connectivity index (χ1) is 15.8. The van der Waals surface area contributed by atoms with Crippen molar-refractivity contribution in [2.24, 2.45) is 0 Å². The first kappa shape index (κ1) is 18.9. The third-order valence-corrected chi connectivity index (χ3v) is 6.35. The van der Waals surface area contributed by atoms with Crippen molar-refractivity contribution in [2.75, 3.05) is 0 Å². The van der Waals surface area contributed by atoms with Gasteiger partial charge in [0.15, 0.2) is 0 Å². The van der Waals surface area contributed by atoms with Crippen molar-refractivity contribution < 1.29 is 0 Å². The van der Waals surface area contributed by atoms with Crippen LogP contribution in [0.1, 0.15) is 0 Å². The second-order valence-electron chi connectivity index (χ2n) is 7.97. The first-order valence-corrected chi connectivity index (χ1v) is 11.1. The minimum absolute atomic E-state index is 0.755. The number of halogens is 1. The molecule has 0 saturated carbocycles. The highest BCUT2D eigenvalue weighted by Crippen LogP contribution is 2.36. The summed E-state index contributed by atoms with van der Waals surface area (Å²) in [6.07, 6.45) is 0. The maximum atomic E-state index is 6.05. The van der Waals surface area contributed by atoms with Crippen LogP contribution in [0.2, 0.25) is 5.02 Å². The van der Waals surface area contributed by atoms with E-state index in [1.165, 1.54) is 44.2 Å². The summed E-state index contributed by atoms with van der Waals surface area (Å²) in [5.41, 5.74) is 8.38. The molecule has 0 aliphatic rings. The van der Waals surface area contributed by atoms with Gasteiger partial charge in [-0.05, 0) is 47.0 Å². The Bertz CT molecular complexity index is 1500. The average molecular weight is 430 g/mol. The van der Waals surface area contributed by atoms with E-state index in [-0.39, 0.29) is 0 Å². The van der Waals surface area contributed by atoms with E-state index in [1.807, 2.05) is 12.1 Å². The van der Waals surface area contributed by atoms with Gasteiger partial charge in [0.25, 0.3) is 0 Å². The second kappa shape index (κ2) is 7.71. The van der Waals surface area contributed by atoms with Crippen molar-refractivity contribution in [2.45, 2.75) is 0 Å². The molecule has 2 heteroatoms. The third kappa shape index (κ3) is 3.10. The number of hydrogen-bond donors (Lipinski definition) is 0. The smallest absolute Gasteiger partial charge is 0.0541 e. The molecule has 32 heavy (non-hydrogen) atoms. The fraction of sp³-hybridized carbons (Fsp3) is 0. The topological polar surface area (TPSA) is 4.93 Å². The second-order valence-corrected chi connectivity index (χ2v) is 8.41. The molecule has 0 unspecified atom stereocenters. The molecule has 0 amide bonds. The molecule has 0 N–H and O–H groups in total. The Hall–Kier alpha value is -3.81. The van der Waals surface area contributed by atoms with E-state index in [4.69, 9.17) is 11.6 Å². The van der Waals surface area contributed by atoms with Crippen LogP contribution in [0.25, 0.3) is 49.7 Å². The molecular formula is C30H20ClN. The third-order valence-electron chi connectivity index (χ3n) is 6.10. The van der Waals surface area contributed by atoms with Crippen LogP contribution in [0.5, 0.6) is 0 Å². The van der Waals surface area contributed by atoms with Gasteiger partial charge in [-0.15, -0.1) is 0 Å². The van der Waals surface area contributed by atoms with Crippen LogP contribution in [0.15, 0.2) is 121 Å². The molecule has 0 aliphatic heterocycles. The maximum Gasteiger partial charge on any atom is 0.0541 e. The predicted octanol–water partition coefficient (Wildman–Crippen LogP) is 8.77. The van der Waals surface area contributed by atoms with E-state index in [0.29, 0.717) is 0 Å². The molecule has 0 bridgehead atoms. The number of benzene rings is 5. The molecule has 0 atom stereocenters. The molecule has 1 aromatic heterocycles. The summed E-state index contributed by atoms with van der Waals surface area (Å²) in [6.45, 7) is 0. The Labute approximate surface area is 192 Å². The fourth-order valence-electron chi connectivity index (χ4n) is 4.58. The Kier molecular flexibility index (Phi) is 4.56. The van der Waals surface area contributed by atoms with Crippen molar-refractivity contribution in [3.63, 3.8) is 0 Å². The minimum atomic E-state index is 0.755.